The minimum Gasteiger partial charge on any atom is -0.504 e. The zero-order valence-corrected chi connectivity index (χ0v) is 9.62. The van der Waals surface area contributed by atoms with Gasteiger partial charge in [0.25, 0.3) is 0 Å². The van der Waals surface area contributed by atoms with Crippen LogP contribution in [0, 0.1) is 11.8 Å². The van der Waals surface area contributed by atoms with Gasteiger partial charge in [-0.2, -0.15) is 0 Å². The lowest BCUT2D eigenvalue weighted by Crippen LogP contribution is -1.99. The van der Waals surface area contributed by atoms with Crippen LogP contribution in [0.25, 0.3) is 0 Å². The summed E-state index contributed by atoms with van der Waals surface area (Å²) >= 11 is 0. The number of aromatic hydroxyl groups is 1. The van der Waals surface area contributed by atoms with Crippen molar-refractivity contribution >= 4 is 0 Å². The second-order valence-electron chi connectivity index (χ2n) is 3.24. The second kappa shape index (κ2) is 6.76. The van der Waals surface area contributed by atoms with Gasteiger partial charge >= 0.3 is 0 Å². The molecule has 16 heavy (non-hydrogen) atoms. The average molecular weight is 220 g/mol. The Labute approximate surface area is 96.0 Å². The van der Waals surface area contributed by atoms with Crippen LogP contribution in [0.3, 0.4) is 0 Å². The molecule has 0 aliphatic rings. The van der Waals surface area contributed by atoms with Crippen molar-refractivity contribution in [2.45, 2.75) is 13.3 Å². The van der Waals surface area contributed by atoms with E-state index in [0.29, 0.717) is 19.0 Å². The topological polar surface area (TPSA) is 38.7 Å². The van der Waals surface area contributed by atoms with E-state index in [1.165, 1.54) is 7.11 Å². The lowest BCUT2D eigenvalue weighted by molar-refractivity contribution is 0.170. The number of hydrogen-bond donors (Lipinski definition) is 1. The molecule has 0 unspecified atom stereocenters. The molecule has 0 aliphatic carbocycles. The lowest BCUT2D eigenvalue weighted by atomic mass is 10.1. The molecule has 0 aliphatic heterocycles. The van der Waals surface area contributed by atoms with Crippen molar-refractivity contribution in [2.24, 2.45) is 0 Å². The van der Waals surface area contributed by atoms with Crippen LogP contribution in [0.5, 0.6) is 11.5 Å². The highest BCUT2D eigenvalue weighted by Crippen LogP contribution is 2.26. The summed E-state index contributed by atoms with van der Waals surface area (Å²) < 4.78 is 10.3. The van der Waals surface area contributed by atoms with Crippen LogP contribution in [0.2, 0.25) is 0 Å². The summed E-state index contributed by atoms with van der Waals surface area (Å²) in [5.74, 6) is 6.24. The summed E-state index contributed by atoms with van der Waals surface area (Å²) in [5, 5.41) is 9.40. The standard InChI is InChI=1S/C13H16O3/c1-3-4-8-16-9-7-11-5-6-12(14)13(10-11)15-2/h5-6,10,14H,7-9H2,1-2H3. The predicted molar refractivity (Wildman–Crippen MR) is 62.6 cm³/mol. The van der Waals surface area contributed by atoms with Crippen molar-refractivity contribution in [1.82, 2.24) is 0 Å². The summed E-state index contributed by atoms with van der Waals surface area (Å²) in [6, 6.07) is 5.29. The van der Waals surface area contributed by atoms with Crippen LogP contribution < -0.4 is 4.74 Å². The van der Waals surface area contributed by atoms with E-state index in [-0.39, 0.29) is 5.75 Å². The molecule has 1 aromatic rings. The summed E-state index contributed by atoms with van der Waals surface area (Å²) in [4.78, 5) is 0. The molecule has 86 valence electrons. The summed E-state index contributed by atoms with van der Waals surface area (Å²) in [6.45, 7) is 2.86. The Balaban J connectivity index is 2.44. The molecule has 1 aromatic carbocycles. The molecule has 0 saturated carbocycles. The highest BCUT2D eigenvalue weighted by atomic mass is 16.5. The number of rotatable bonds is 5. The molecule has 1 N–H and O–H groups in total. The van der Waals surface area contributed by atoms with Gasteiger partial charge < -0.3 is 14.6 Å². The van der Waals surface area contributed by atoms with Crippen molar-refractivity contribution < 1.29 is 14.6 Å². The largest absolute Gasteiger partial charge is 0.504 e. The number of hydrogen-bond acceptors (Lipinski definition) is 3. The van der Waals surface area contributed by atoms with Crippen molar-refractivity contribution in [3.63, 3.8) is 0 Å². The van der Waals surface area contributed by atoms with Gasteiger partial charge in [-0.1, -0.05) is 12.0 Å². The van der Waals surface area contributed by atoms with Gasteiger partial charge in [0, 0.05) is 0 Å². The third kappa shape index (κ3) is 3.84. The van der Waals surface area contributed by atoms with Crippen LogP contribution in [-0.4, -0.2) is 25.4 Å². The van der Waals surface area contributed by atoms with E-state index >= 15 is 0 Å². The molecule has 0 atom stereocenters. The Hall–Kier alpha value is -1.66. The molecule has 0 radical (unpaired) electrons. The molecular weight excluding hydrogens is 204 g/mol. The second-order valence-corrected chi connectivity index (χ2v) is 3.24. The number of phenolic OH excluding ortho intramolecular Hbond substituents is 1. The summed E-state index contributed by atoms with van der Waals surface area (Å²) in [7, 11) is 1.53. The van der Waals surface area contributed by atoms with Crippen LogP contribution in [-0.2, 0) is 11.2 Å². The fraction of sp³-hybridized carbons (Fsp3) is 0.385. The van der Waals surface area contributed by atoms with Gasteiger partial charge in [0.05, 0.1) is 13.7 Å². The van der Waals surface area contributed by atoms with Crippen LogP contribution in [0.1, 0.15) is 12.5 Å². The normalized spacial score (nSPS) is 9.38. The molecule has 0 aromatic heterocycles. The van der Waals surface area contributed by atoms with E-state index in [1.807, 2.05) is 12.1 Å². The number of methoxy groups -OCH3 is 1. The first-order chi connectivity index (χ1) is 7.77. The zero-order chi connectivity index (χ0) is 11.8. The molecule has 0 saturated heterocycles. The maximum Gasteiger partial charge on any atom is 0.160 e. The molecule has 0 heterocycles. The molecular formula is C13H16O3. The minimum absolute atomic E-state index is 0.156. The van der Waals surface area contributed by atoms with Crippen molar-refractivity contribution in [3.8, 4) is 23.3 Å². The van der Waals surface area contributed by atoms with E-state index in [0.717, 1.165) is 12.0 Å². The molecule has 3 nitrogen and oxygen atoms in total. The third-order valence-electron chi connectivity index (χ3n) is 2.13. The highest BCUT2D eigenvalue weighted by Gasteiger charge is 2.02. The number of phenols is 1. The first-order valence-electron chi connectivity index (χ1n) is 5.11. The van der Waals surface area contributed by atoms with Gasteiger partial charge in [-0.05, 0) is 31.0 Å². The number of ether oxygens (including phenoxy) is 2. The Kier molecular flexibility index (Phi) is 5.24. The first-order valence-corrected chi connectivity index (χ1v) is 5.11. The van der Waals surface area contributed by atoms with Gasteiger partial charge in [-0.15, -0.1) is 5.92 Å². The maximum atomic E-state index is 9.40. The minimum atomic E-state index is 0.156. The van der Waals surface area contributed by atoms with E-state index in [1.54, 1.807) is 13.0 Å². The van der Waals surface area contributed by atoms with Gasteiger partial charge in [-0.3, -0.25) is 0 Å². The third-order valence-corrected chi connectivity index (χ3v) is 2.13. The fourth-order valence-electron chi connectivity index (χ4n) is 1.26. The molecule has 0 spiro atoms. The van der Waals surface area contributed by atoms with Crippen molar-refractivity contribution in [3.05, 3.63) is 23.8 Å². The molecule has 3 heteroatoms. The quantitative estimate of drug-likeness (QED) is 0.609. The van der Waals surface area contributed by atoms with Crippen LogP contribution >= 0.6 is 0 Å². The molecule has 0 amide bonds. The monoisotopic (exact) mass is 220 g/mol. The van der Waals surface area contributed by atoms with Gasteiger partial charge in [0.1, 0.15) is 6.61 Å². The first kappa shape index (κ1) is 12.4. The van der Waals surface area contributed by atoms with Crippen LogP contribution in [0.4, 0.5) is 0 Å². The van der Waals surface area contributed by atoms with E-state index < -0.39 is 0 Å². The molecule has 1 rings (SSSR count). The number of benzene rings is 1. The van der Waals surface area contributed by atoms with Gasteiger partial charge in [-0.25, -0.2) is 0 Å². The molecule has 0 fully saturated rings. The van der Waals surface area contributed by atoms with Crippen molar-refractivity contribution in [2.75, 3.05) is 20.3 Å². The Bertz CT molecular complexity index is 388. The lowest BCUT2D eigenvalue weighted by Gasteiger charge is -2.06. The Morgan fingerprint density at radius 1 is 1.38 bits per heavy atom. The fourth-order valence-corrected chi connectivity index (χ4v) is 1.26. The average Bonchev–Trinajstić information content (AvgIpc) is 2.31. The Morgan fingerprint density at radius 2 is 2.19 bits per heavy atom. The van der Waals surface area contributed by atoms with Gasteiger partial charge in [0.2, 0.25) is 0 Å². The summed E-state index contributed by atoms with van der Waals surface area (Å²) in [6.07, 6.45) is 0.780. The Morgan fingerprint density at radius 3 is 2.88 bits per heavy atom. The zero-order valence-electron chi connectivity index (χ0n) is 9.62. The summed E-state index contributed by atoms with van der Waals surface area (Å²) in [5.41, 5.74) is 1.07. The van der Waals surface area contributed by atoms with Crippen molar-refractivity contribution in [1.29, 1.82) is 0 Å². The smallest absolute Gasteiger partial charge is 0.160 e. The van der Waals surface area contributed by atoms with E-state index in [4.69, 9.17) is 9.47 Å². The van der Waals surface area contributed by atoms with E-state index in [9.17, 15) is 5.11 Å². The van der Waals surface area contributed by atoms with E-state index in [2.05, 4.69) is 11.8 Å². The van der Waals surface area contributed by atoms with Crippen LogP contribution in [0.15, 0.2) is 18.2 Å². The molecule has 0 bridgehead atoms. The predicted octanol–water partition coefficient (Wildman–Crippen LogP) is 1.98. The SMILES string of the molecule is CC#CCOCCc1ccc(O)c(OC)c1. The maximum absolute atomic E-state index is 9.40. The highest BCUT2D eigenvalue weighted by molar-refractivity contribution is 5.41. The van der Waals surface area contributed by atoms with Gasteiger partial charge in [0.15, 0.2) is 11.5 Å².